The van der Waals surface area contributed by atoms with Crippen LogP contribution in [-0.2, 0) is 9.53 Å². The van der Waals surface area contributed by atoms with Crippen LogP contribution in [0.4, 0.5) is 0 Å². The van der Waals surface area contributed by atoms with Gasteiger partial charge in [-0.05, 0) is 23.8 Å². The first-order chi connectivity index (χ1) is 9.24. The first-order valence-electron chi connectivity index (χ1n) is 5.65. The predicted octanol–water partition coefficient (Wildman–Crippen LogP) is 2.95. The Labute approximate surface area is 110 Å². The highest BCUT2D eigenvalue weighted by atomic mass is 16.5. The zero-order valence-electron chi connectivity index (χ0n) is 10.3. The van der Waals surface area contributed by atoms with E-state index in [-0.39, 0.29) is 5.76 Å². The van der Waals surface area contributed by atoms with Gasteiger partial charge in [-0.1, -0.05) is 24.3 Å². The van der Waals surface area contributed by atoms with Crippen LogP contribution in [0.15, 0.2) is 46.9 Å². The lowest BCUT2D eigenvalue weighted by Crippen LogP contribution is -1.93. The molecule has 0 saturated carbocycles. The van der Waals surface area contributed by atoms with Crippen LogP contribution >= 0.6 is 0 Å². The fraction of sp³-hybridized carbons (Fsp3) is 0.0667. The van der Waals surface area contributed by atoms with Crippen molar-refractivity contribution < 1.29 is 18.7 Å². The third-order valence-electron chi connectivity index (χ3n) is 2.57. The van der Waals surface area contributed by atoms with Crippen LogP contribution in [0, 0.1) is 0 Å². The number of rotatable bonds is 4. The van der Waals surface area contributed by atoms with E-state index in [9.17, 15) is 9.59 Å². The number of benzene rings is 1. The van der Waals surface area contributed by atoms with Crippen LogP contribution in [0.3, 0.4) is 0 Å². The molecule has 0 aliphatic rings. The summed E-state index contributed by atoms with van der Waals surface area (Å²) in [6.07, 6.45) is 3.63. The van der Waals surface area contributed by atoms with Gasteiger partial charge in [-0.2, -0.15) is 0 Å². The van der Waals surface area contributed by atoms with E-state index in [1.165, 1.54) is 13.2 Å². The van der Waals surface area contributed by atoms with Crippen LogP contribution < -0.4 is 0 Å². The average Bonchev–Trinajstić information content (AvgIpc) is 2.93. The van der Waals surface area contributed by atoms with Crippen LogP contribution in [0.1, 0.15) is 16.1 Å². The van der Waals surface area contributed by atoms with Crippen molar-refractivity contribution in [1.82, 2.24) is 0 Å². The van der Waals surface area contributed by atoms with Gasteiger partial charge in [-0.15, -0.1) is 0 Å². The first-order valence-corrected chi connectivity index (χ1v) is 5.65. The van der Waals surface area contributed by atoms with Crippen molar-refractivity contribution in [1.29, 1.82) is 0 Å². The highest BCUT2D eigenvalue weighted by Gasteiger charge is 2.07. The second-order valence-electron chi connectivity index (χ2n) is 3.76. The molecule has 0 N–H and O–H groups in total. The van der Waals surface area contributed by atoms with Gasteiger partial charge in [-0.3, -0.25) is 4.79 Å². The fourth-order valence-electron chi connectivity index (χ4n) is 1.65. The zero-order valence-corrected chi connectivity index (χ0v) is 10.3. The number of esters is 1. The third kappa shape index (κ3) is 2.98. The van der Waals surface area contributed by atoms with E-state index in [1.807, 2.05) is 24.3 Å². The lowest BCUT2D eigenvalue weighted by atomic mass is 10.1. The molecule has 1 aromatic heterocycles. The Hall–Kier alpha value is -2.62. The van der Waals surface area contributed by atoms with E-state index in [2.05, 4.69) is 4.74 Å². The van der Waals surface area contributed by atoms with Crippen molar-refractivity contribution >= 4 is 18.3 Å². The van der Waals surface area contributed by atoms with Crippen LogP contribution in [-0.4, -0.2) is 19.4 Å². The minimum Gasteiger partial charge on any atom is -0.466 e. The average molecular weight is 256 g/mol. The third-order valence-corrected chi connectivity index (χ3v) is 2.57. The molecule has 0 aliphatic carbocycles. The smallest absolute Gasteiger partial charge is 0.330 e. The van der Waals surface area contributed by atoms with Crippen molar-refractivity contribution in [3.8, 4) is 11.3 Å². The summed E-state index contributed by atoms with van der Waals surface area (Å²) in [4.78, 5) is 21.7. The molecular weight excluding hydrogens is 244 g/mol. The standard InChI is InChI=1S/C15H12O4/c1-18-15(17)9-6-11-4-2-3-5-13(11)14-8-7-12(10-16)19-14/h2-10H,1H3. The second kappa shape index (κ2) is 5.82. The lowest BCUT2D eigenvalue weighted by Gasteiger charge is -2.02. The summed E-state index contributed by atoms with van der Waals surface area (Å²) in [5.41, 5.74) is 1.61. The Bertz CT molecular complexity index is 623. The number of furan rings is 1. The topological polar surface area (TPSA) is 56.5 Å². The highest BCUT2D eigenvalue weighted by molar-refractivity contribution is 5.88. The van der Waals surface area contributed by atoms with Crippen molar-refractivity contribution in [2.75, 3.05) is 7.11 Å². The van der Waals surface area contributed by atoms with Gasteiger partial charge in [0.05, 0.1) is 7.11 Å². The van der Waals surface area contributed by atoms with E-state index in [0.29, 0.717) is 12.0 Å². The minimum atomic E-state index is -0.428. The molecule has 96 valence electrons. The normalized spacial score (nSPS) is 10.6. The number of hydrogen-bond donors (Lipinski definition) is 0. The van der Waals surface area contributed by atoms with Gasteiger partial charge in [0.15, 0.2) is 12.0 Å². The molecule has 4 heteroatoms. The molecular formula is C15H12O4. The summed E-state index contributed by atoms with van der Waals surface area (Å²) < 4.78 is 9.92. The predicted molar refractivity (Wildman–Crippen MR) is 70.6 cm³/mol. The molecule has 0 amide bonds. The lowest BCUT2D eigenvalue weighted by molar-refractivity contribution is -0.134. The SMILES string of the molecule is COC(=O)C=Cc1ccccc1-c1ccc(C=O)o1. The summed E-state index contributed by atoms with van der Waals surface area (Å²) in [6.45, 7) is 0. The largest absolute Gasteiger partial charge is 0.466 e. The zero-order chi connectivity index (χ0) is 13.7. The molecule has 2 rings (SSSR count). The van der Waals surface area contributed by atoms with Crippen molar-refractivity contribution in [3.05, 3.63) is 53.8 Å². The number of aldehydes is 1. The Morgan fingerprint density at radius 1 is 1.21 bits per heavy atom. The Balaban J connectivity index is 2.38. The fourth-order valence-corrected chi connectivity index (χ4v) is 1.65. The van der Waals surface area contributed by atoms with Crippen molar-refractivity contribution in [3.63, 3.8) is 0 Å². The maximum absolute atomic E-state index is 11.1. The van der Waals surface area contributed by atoms with E-state index in [1.54, 1.807) is 18.2 Å². The monoisotopic (exact) mass is 256 g/mol. The number of hydrogen-bond acceptors (Lipinski definition) is 4. The minimum absolute atomic E-state index is 0.266. The van der Waals surface area contributed by atoms with Crippen LogP contribution in [0.25, 0.3) is 17.4 Å². The highest BCUT2D eigenvalue weighted by Crippen LogP contribution is 2.26. The summed E-state index contributed by atoms with van der Waals surface area (Å²) in [7, 11) is 1.32. The summed E-state index contributed by atoms with van der Waals surface area (Å²) >= 11 is 0. The molecule has 4 nitrogen and oxygen atoms in total. The molecule has 1 aromatic carbocycles. The summed E-state index contributed by atoms with van der Waals surface area (Å²) in [5.74, 6) is 0.414. The summed E-state index contributed by atoms with van der Waals surface area (Å²) in [5, 5.41) is 0. The molecule has 0 atom stereocenters. The van der Waals surface area contributed by atoms with Crippen molar-refractivity contribution in [2.45, 2.75) is 0 Å². The van der Waals surface area contributed by atoms with Crippen molar-refractivity contribution in [2.24, 2.45) is 0 Å². The van der Waals surface area contributed by atoms with Gasteiger partial charge in [0.1, 0.15) is 5.76 Å². The molecule has 0 radical (unpaired) electrons. The first kappa shape index (κ1) is 12.8. The molecule has 0 spiro atoms. The molecule has 1 heterocycles. The molecule has 2 aromatic rings. The van der Waals surface area contributed by atoms with E-state index in [4.69, 9.17) is 4.42 Å². The molecule has 0 aliphatic heterocycles. The van der Waals surface area contributed by atoms with Crippen LogP contribution in [0.5, 0.6) is 0 Å². The summed E-state index contributed by atoms with van der Waals surface area (Å²) in [6, 6.07) is 10.7. The maximum atomic E-state index is 11.1. The number of carbonyl (C=O) groups is 2. The van der Waals surface area contributed by atoms with Gasteiger partial charge in [0, 0.05) is 11.6 Å². The molecule has 0 unspecified atom stereocenters. The Morgan fingerprint density at radius 3 is 2.68 bits per heavy atom. The van der Waals surface area contributed by atoms with Gasteiger partial charge in [0.2, 0.25) is 0 Å². The van der Waals surface area contributed by atoms with Gasteiger partial charge in [-0.25, -0.2) is 4.79 Å². The van der Waals surface area contributed by atoms with E-state index in [0.717, 1.165) is 11.1 Å². The molecule has 0 fully saturated rings. The van der Waals surface area contributed by atoms with E-state index < -0.39 is 5.97 Å². The Kier molecular flexibility index (Phi) is 3.93. The second-order valence-corrected chi connectivity index (χ2v) is 3.76. The van der Waals surface area contributed by atoms with Gasteiger partial charge < -0.3 is 9.15 Å². The van der Waals surface area contributed by atoms with Crippen LogP contribution in [0.2, 0.25) is 0 Å². The van der Waals surface area contributed by atoms with Gasteiger partial charge >= 0.3 is 5.97 Å². The number of ether oxygens (including phenoxy) is 1. The molecule has 19 heavy (non-hydrogen) atoms. The van der Waals surface area contributed by atoms with Gasteiger partial charge in [0.25, 0.3) is 0 Å². The number of methoxy groups -OCH3 is 1. The Morgan fingerprint density at radius 2 is 2.00 bits per heavy atom. The quantitative estimate of drug-likeness (QED) is 0.479. The maximum Gasteiger partial charge on any atom is 0.330 e. The van der Waals surface area contributed by atoms with E-state index >= 15 is 0 Å². The molecule has 0 bridgehead atoms. The number of carbonyl (C=O) groups excluding carboxylic acids is 2. The molecule has 0 saturated heterocycles.